The van der Waals surface area contributed by atoms with E-state index in [2.05, 4.69) is 5.16 Å². The third kappa shape index (κ3) is 5.00. The number of benzene rings is 1. The quantitative estimate of drug-likeness (QED) is 0.678. The monoisotopic (exact) mass is 391 g/mol. The molecule has 2 rings (SSSR count). The number of nitrogens with two attached hydrogens (primary N) is 1. The van der Waals surface area contributed by atoms with Gasteiger partial charge in [-0.3, -0.25) is 10.1 Å². The summed E-state index contributed by atoms with van der Waals surface area (Å²) in [6, 6.07) is 3.40. The van der Waals surface area contributed by atoms with E-state index in [1.807, 2.05) is 5.32 Å². The maximum absolute atomic E-state index is 12.2. The van der Waals surface area contributed by atoms with Gasteiger partial charge in [-0.2, -0.15) is 0 Å². The molecule has 28 heavy (non-hydrogen) atoms. The predicted molar refractivity (Wildman–Crippen MR) is 95.9 cm³/mol. The largest absolute Gasteiger partial charge is 0.493 e. The van der Waals surface area contributed by atoms with Crippen LogP contribution < -0.4 is 20.5 Å². The Kier molecular flexibility index (Phi) is 6.59. The smallest absolute Gasteiger partial charge is 0.339 e. The van der Waals surface area contributed by atoms with E-state index >= 15 is 0 Å². The number of nitrogens with zero attached hydrogens (tertiary/aromatic N) is 1. The maximum Gasteiger partial charge on any atom is 0.339 e. The number of rotatable bonds is 7. The number of aromatic nitrogens is 1. The highest BCUT2D eigenvalue weighted by Gasteiger charge is 2.21. The van der Waals surface area contributed by atoms with Crippen LogP contribution >= 0.6 is 0 Å². The Balaban J connectivity index is 2.08. The lowest BCUT2D eigenvalue weighted by Crippen LogP contribution is -2.42. The molecule has 150 valence electrons. The number of hydrogen-bond acceptors (Lipinski definition) is 8. The zero-order chi connectivity index (χ0) is 20.8. The third-order valence-electron chi connectivity index (χ3n) is 3.85. The lowest BCUT2D eigenvalue weighted by molar-refractivity contribution is -0.127. The highest BCUT2D eigenvalue weighted by molar-refractivity contribution is 5.98. The maximum atomic E-state index is 12.2. The first-order chi connectivity index (χ1) is 13.2. The summed E-state index contributed by atoms with van der Waals surface area (Å²) >= 11 is 0. The Morgan fingerprint density at radius 2 is 1.96 bits per heavy atom. The van der Waals surface area contributed by atoms with Crippen LogP contribution in [0.2, 0.25) is 0 Å². The van der Waals surface area contributed by atoms with Gasteiger partial charge in [0.05, 0.1) is 23.9 Å². The van der Waals surface area contributed by atoms with E-state index in [1.165, 1.54) is 26.2 Å². The molecule has 0 saturated carbocycles. The number of carbonyl (C=O) groups excluding carboxylic acids is 3. The number of carbonyl (C=O) groups is 3. The van der Waals surface area contributed by atoms with Crippen LogP contribution in [0.1, 0.15) is 34.3 Å². The van der Waals surface area contributed by atoms with Gasteiger partial charge in [-0.05, 0) is 39.0 Å². The number of nitrogens with one attached hydrogen (secondary N) is 1. The van der Waals surface area contributed by atoms with E-state index in [0.717, 1.165) is 11.3 Å². The zero-order valence-corrected chi connectivity index (χ0v) is 15.9. The number of ether oxygens (including phenoxy) is 3. The van der Waals surface area contributed by atoms with Crippen molar-refractivity contribution < 1.29 is 33.1 Å². The lowest BCUT2D eigenvalue weighted by atomic mass is 10.2. The third-order valence-corrected chi connectivity index (χ3v) is 3.85. The van der Waals surface area contributed by atoms with Gasteiger partial charge >= 0.3 is 12.0 Å². The Bertz CT molecular complexity index is 872. The molecule has 2 aromatic rings. The fraction of sp³-hybridized carbons (Fsp3) is 0.333. The number of hydrogen-bond donors (Lipinski definition) is 2. The van der Waals surface area contributed by atoms with Crippen molar-refractivity contribution in [1.82, 2.24) is 10.5 Å². The normalized spacial score (nSPS) is 11.4. The van der Waals surface area contributed by atoms with Crippen molar-refractivity contribution in [2.24, 2.45) is 5.73 Å². The SMILES string of the molecule is COc1cc(C(=O)O[C@@H](C)C(=O)NC(N)=O)ccc1OCc1c(C)noc1C. The minimum atomic E-state index is -1.21. The van der Waals surface area contributed by atoms with E-state index in [9.17, 15) is 14.4 Å². The molecule has 10 nitrogen and oxygen atoms in total. The standard InChI is InChI=1S/C18H21N3O7/c1-9-13(10(2)28-21-9)8-26-14-6-5-12(7-15(14)25-4)17(23)27-11(3)16(22)20-18(19)24/h5-7,11H,8H2,1-4H3,(H3,19,20,22,24)/t11-/m0/s1. The Labute approximate surface area is 160 Å². The number of amides is 3. The number of urea groups is 1. The van der Waals surface area contributed by atoms with Crippen molar-refractivity contribution in [3.63, 3.8) is 0 Å². The highest BCUT2D eigenvalue weighted by Crippen LogP contribution is 2.30. The molecule has 3 N–H and O–H groups in total. The van der Waals surface area contributed by atoms with Crippen LogP contribution in [-0.2, 0) is 16.1 Å². The first kappa shape index (κ1) is 20.7. The first-order valence-electron chi connectivity index (χ1n) is 8.26. The van der Waals surface area contributed by atoms with Gasteiger partial charge in [0.2, 0.25) is 0 Å². The average molecular weight is 391 g/mol. The second kappa shape index (κ2) is 8.89. The molecule has 0 aliphatic heterocycles. The highest BCUT2D eigenvalue weighted by atomic mass is 16.5. The molecule has 0 bridgehead atoms. The molecule has 1 atom stereocenters. The van der Waals surface area contributed by atoms with Gasteiger partial charge in [0.15, 0.2) is 17.6 Å². The van der Waals surface area contributed by atoms with Gasteiger partial charge in [0.25, 0.3) is 5.91 Å². The molecule has 0 spiro atoms. The molecular formula is C18H21N3O7. The number of primary amides is 1. The van der Waals surface area contributed by atoms with Crippen molar-refractivity contribution >= 4 is 17.9 Å². The van der Waals surface area contributed by atoms with Crippen LogP contribution in [0, 0.1) is 13.8 Å². The van der Waals surface area contributed by atoms with Crippen molar-refractivity contribution in [2.75, 3.05) is 7.11 Å². The van der Waals surface area contributed by atoms with Crippen molar-refractivity contribution in [3.05, 3.63) is 40.8 Å². The summed E-state index contributed by atoms with van der Waals surface area (Å²) in [5.41, 5.74) is 6.54. The molecule has 0 aliphatic rings. The predicted octanol–water partition coefficient (Wildman–Crippen LogP) is 1.62. The molecule has 10 heteroatoms. The number of aryl methyl sites for hydroxylation is 2. The topological polar surface area (TPSA) is 143 Å². The van der Waals surface area contributed by atoms with Crippen molar-refractivity contribution in [3.8, 4) is 11.5 Å². The summed E-state index contributed by atoms with van der Waals surface area (Å²) in [4.78, 5) is 34.5. The van der Waals surface area contributed by atoms with Crippen molar-refractivity contribution in [1.29, 1.82) is 0 Å². The molecule has 0 radical (unpaired) electrons. The molecular weight excluding hydrogens is 370 g/mol. The second-order valence-corrected chi connectivity index (χ2v) is 5.86. The molecule has 3 amide bonds. The lowest BCUT2D eigenvalue weighted by Gasteiger charge is -2.14. The number of methoxy groups -OCH3 is 1. The van der Waals surface area contributed by atoms with Gasteiger partial charge in [0.1, 0.15) is 12.4 Å². The summed E-state index contributed by atoms with van der Waals surface area (Å²) in [7, 11) is 1.43. The van der Waals surface area contributed by atoms with Crippen LogP contribution in [0.5, 0.6) is 11.5 Å². The van der Waals surface area contributed by atoms with Crippen molar-refractivity contribution in [2.45, 2.75) is 33.5 Å². The van der Waals surface area contributed by atoms with Crippen LogP contribution in [-0.4, -0.2) is 36.3 Å². The van der Waals surface area contributed by atoms with E-state index in [1.54, 1.807) is 19.9 Å². The molecule has 0 fully saturated rings. The summed E-state index contributed by atoms with van der Waals surface area (Å²) in [6.07, 6.45) is -1.21. The Morgan fingerprint density at radius 1 is 1.25 bits per heavy atom. The van der Waals surface area contributed by atoms with Gasteiger partial charge < -0.3 is 24.5 Å². The first-order valence-corrected chi connectivity index (χ1v) is 8.26. The Morgan fingerprint density at radius 3 is 2.54 bits per heavy atom. The van der Waals surface area contributed by atoms with Crippen LogP contribution in [0.4, 0.5) is 4.79 Å². The number of esters is 1. The fourth-order valence-electron chi connectivity index (χ4n) is 2.28. The summed E-state index contributed by atoms with van der Waals surface area (Å²) in [6.45, 7) is 5.12. The van der Waals surface area contributed by atoms with E-state index < -0.39 is 24.0 Å². The van der Waals surface area contributed by atoms with Gasteiger partial charge in [-0.15, -0.1) is 0 Å². The molecule has 1 heterocycles. The van der Waals surface area contributed by atoms with Gasteiger partial charge in [-0.25, -0.2) is 9.59 Å². The average Bonchev–Trinajstić information content (AvgIpc) is 2.97. The minimum absolute atomic E-state index is 0.139. The van der Waals surface area contributed by atoms with Gasteiger partial charge in [-0.1, -0.05) is 5.16 Å². The minimum Gasteiger partial charge on any atom is -0.493 e. The molecule has 0 unspecified atom stereocenters. The van der Waals surface area contributed by atoms with Gasteiger partial charge in [0, 0.05) is 0 Å². The second-order valence-electron chi connectivity index (χ2n) is 5.86. The molecule has 0 aliphatic carbocycles. The number of imide groups is 1. The van der Waals surface area contributed by atoms with Crippen LogP contribution in [0.15, 0.2) is 22.7 Å². The summed E-state index contributed by atoms with van der Waals surface area (Å²) < 4.78 is 21.1. The molecule has 1 aromatic heterocycles. The zero-order valence-electron chi connectivity index (χ0n) is 15.9. The Hall–Kier alpha value is -3.56. The van der Waals surface area contributed by atoms with E-state index in [4.69, 9.17) is 24.5 Å². The summed E-state index contributed by atoms with van der Waals surface area (Å²) in [5, 5.41) is 5.69. The van der Waals surface area contributed by atoms with E-state index in [-0.39, 0.29) is 12.2 Å². The van der Waals surface area contributed by atoms with E-state index in [0.29, 0.717) is 17.3 Å². The molecule has 0 saturated heterocycles. The fourth-order valence-corrected chi connectivity index (χ4v) is 2.28. The summed E-state index contributed by atoms with van der Waals surface area (Å²) in [5.74, 6) is -0.246. The molecule has 1 aromatic carbocycles. The van der Waals surface area contributed by atoms with Crippen LogP contribution in [0.3, 0.4) is 0 Å². The van der Waals surface area contributed by atoms with Crippen LogP contribution in [0.25, 0.3) is 0 Å².